The summed E-state index contributed by atoms with van der Waals surface area (Å²) in [6, 6.07) is 11.9. The molecule has 2 aliphatic rings. The van der Waals surface area contributed by atoms with Crippen LogP contribution in [-0.2, 0) is 4.79 Å². The second-order valence-corrected chi connectivity index (χ2v) is 8.03. The van der Waals surface area contributed by atoms with E-state index in [-0.39, 0.29) is 24.0 Å². The van der Waals surface area contributed by atoms with Gasteiger partial charge >= 0.3 is 0 Å². The number of rotatable bonds is 2. The molecule has 2 aromatic carbocycles. The van der Waals surface area contributed by atoms with E-state index < -0.39 is 6.04 Å². The first-order chi connectivity index (χ1) is 12.8. The zero-order valence-corrected chi connectivity index (χ0v) is 15.6. The van der Waals surface area contributed by atoms with Gasteiger partial charge in [0.1, 0.15) is 6.04 Å². The van der Waals surface area contributed by atoms with E-state index in [2.05, 4.69) is 26.1 Å². The molecule has 140 valence electrons. The second kappa shape index (κ2) is 6.30. The molecule has 1 unspecified atom stereocenters. The third kappa shape index (κ3) is 3.23. The van der Waals surface area contributed by atoms with Crippen LogP contribution in [0.2, 0.25) is 0 Å². The summed E-state index contributed by atoms with van der Waals surface area (Å²) in [4.78, 5) is 27.9. The predicted octanol–water partition coefficient (Wildman–Crippen LogP) is 3.82. The van der Waals surface area contributed by atoms with E-state index in [4.69, 9.17) is 9.47 Å². The zero-order chi connectivity index (χ0) is 19.2. The van der Waals surface area contributed by atoms with Gasteiger partial charge in [-0.05, 0) is 42.2 Å². The maximum atomic E-state index is 13.5. The van der Waals surface area contributed by atoms with Crippen molar-refractivity contribution in [3.8, 4) is 11.5 Å². The van der Waals surface area contributed by atoms with Crippen LogP contribution in [0.1, 0.15) is 37.6 Å². The summed E-state index contributed by atoms with van der Waals surface area (Å²) in [5.41, 5.74) is 1.68. The van der Waals surface area contributed by atoms with Gasteiger partial charge in [-0.25, -0.2) is 0 Å². The van der Waals surface area contributed by atoms with Crippen LogP contribution in [0, 0.1) is 5.41 Å². The summed E-state index contributed by atoms with van der Waals surface area (Å²) in [5, 5.41) is 2.93. The highest BCUT2D eigenvalue weighted by atomic mass is 16.7. The number of fused-ring (bicyclic) bond motifs is 2. The van der Waals surface area contributed by atoms with Crippen molar-refractivity contribution in [2.75, 3.05) is 17.0 Å². The molecule has 1 atom stereocenters. The van der Waals surface area contributed by atoms with Gasteiger partial charge in [-0.1, -0.05) is 32.9 Å². The van der Waals surface area contributed by atoms with Crippen molar-refractivity contribution < 1.29 is 19.1 Å². The number of para-hydroxylation sites is 2. The number of anilines is 2. The first-order valence-corrected chi connectivity index (χ1v) is 8.97. The summed E-state index contributed by atoms with van der Waals surface area (Å²) < 4.78 is 10.7. The standard InChI is InChI=1S/C21H22N2O4/c1-21(2,3)11-16-19(24)22-14-6-4-5-7-15(14)23(16)20(25)13-8-9-17-18(10-13)27-12-26-17/h4-10,16H,11-12H2,1-3H3,(H,22,24). The van der Waals surface area contributed by atoms with Gasteiger partial charge in [0.25, 0.3) is 5.91 Å². The molecule has 2 amide bonds. The molecule has 0 bridgehead atoms. The van der Waals surface area contributed by atoms with E-state index >= 15 is 0 Å². The second-order valence-electron chi connectivity index (χ2n) is 8.03. The van der Waals surface area contributed by atoms with Gasteiger partial charge in [0.15, 0.2) is 11.5 Å². The lowest BCUT2D eigenvalue weighted by molar-refractivity contribution is -0.118. The molecule has 1 N–H and O–H groups in total. The number of carbonyl (C=O) groups excluding carboxylic acids is 2. The highest BCUT2D eigenvalue weighted by molar-refractivity contribution is 6.16. The Kier molecular flexibility index (Phi) is 4.06. The Morgan fingerprint density at radius 3 is 2.67 bits per heavy atom. The van der Waals surface area contributed by atoms with E-state index in [1.807, 2.05) is 18.2 Å². The van der Waals surface area contributed by atoms with Crippen LogP contribution in [0.15, 0.2) is 42.5 Å². The van der Waals surface area contributed by atoms with Crippen LogP contribution in [0.5, 0.6) is 11.5 Å². The Hall–Kier alpha value is -3.02. The third-order valence-corrected chi connectivity index (χ3v) is 4.68. The van der Waals surface area contributed by atoms with Gasteiger partial charge in [0.2, 0.25) is 12.7 Å². The molecule has 27 heavy (non-hydrogen) atoms. The number of nitrogens with zero attached hydrogens (tertiary/aromatic N) is 1. The van der Waals surface area contributed by atoms with Gasteiger partial charge in [0, 0.05) is 5.56 Å². The van der Waals surface area contributed by atoms with Crippen LogP contribution < -0.4 is 19.7 Å². The van der Waals surface area contributed by atoms with Crippen molar-refractivity contribution in [2.24, 2.45) is 5.41 Å². The smallest absolute Gasteiger partial charge is 0.259 e. The van der Waals surface area contributed by atoms with Gasteiger partial charge in [-0.3, -0.25) is 14.5 Å². The number of amides is 2. The summed E-state index contributed by atoms with van der Waals surface area (Å²) in [5.74, 6) is 0.764. The highest BCUT2D eigenvalue weighted by Crippen LogP contribution is 2.38. The monoisotopic (exact) mass is 366 g/mol. The van der Waals surface area contributed by atoms with Crippen molar-refractivity contribution >= 4 is 23.2 Å². The molecule has 0 saturated heterocycles. The largest absolute Gasteiger partial charge is 0.454 e. The normalized spacial score (nSPS) is 18.1. The van der Waals surface area contributed by atoms with Crippen LogP contribution in [-0.4, -0.2) is 24.6 Å². The molecule has 0 spiro atoms. The lowest BCUT2D eigenvalue weighted by Crippen LogP contribution is -2.52. The molecule has 4 rings (SSSR count). The van der Waals surface area contributed by atoms with Gasteiger partial charge < -0.3 is 14.8 Å². The summed E-state index contributed by atoms with van der Waals surface area (Å²) in [7, 11) is 0. The lowest BCUT2D eigenvalue weighted by atomic mass is 9.86. The SMILES string of the molecule is CC(C)(C)CC1C(=O)Nc2ccccc2N1C(=O)c1ccc2c(c1)OCO2. The molecule has 0 fully saturated rings. The van der Waals surface area contributed by atoms with Crippen molar-refractivity contribution in [1.29, 1.82) is 0 Å². The summed E-state index contributed by atoms with van der Waals surface area (Å²) in [6.45, 7) is 6.33. The third-order valence-electron chi connectivity index (χ3n) is 4.68. The minimum atomic E-state index is -0.585. The average Bonchev–Trinajstić information content (AvgIpc) is 3.08. The van der Waals surface area contributed by atoms with E-state index in [9.17, 15) is 9.59 Å². The Bertz CT molecular complexity index is 917. The predicted molar refractivity (Wildman–Crippen MR) is 102 cm³/mol. The van der Waals surface area contributed by atoms with E-state index in [0.717, 1.165) is 0 Å². The molecule has 6 nitrogen and oxygen atoms in total. The summed E-state index contributed by atoms with van der Waals surface area (Å²) in [6.07, 6.45) is 0.545. The molecule has 2 heterocycles. The fourth-order valence-corrected chi connectivity index (χ4v) is 3.47. The van der Waals surface area contributed by atoms with Crippen LogP contribution in [0.4, 0.5) is 11.4 Å². The average molecular weight is 366 g/mol. The maximum absolute atomic E-state index is 13.5. The van der Waals surface area contributed by atoms with Crippen LogP contribution >= 0.6 is 0 Å². The van der Waals surface area contributed by atoms with Crippen molar-refractivity contribution in [3.05, 3.63) is 48.0 Å². The van der Waals surface area contributed by atoms with Crippen molar-refractivity contribution in [1.82, 2.24) is 0 Å². The van der Waals surface area contributed by atoms with E-state index in [1.54, 1.807) is 29.2 Å². The number of ether oxygens (including phenoxy) is 2. The highest BCUT2D eigenvalue weighted by Gasteiger charge is 2.39. The lowest BCUT2D eigenvalue weighted by Gasteiger charge is -2.39. The summed E-state index contributed by atoms with van der Waals surface area (Å²) >= 11 is 0. The fraction of sp³-hybridized carbons (Fsp3) is 0.333. The zero-order valence-electron chi connectivity index (χ0n) is 15.6. The Labute approximate surface area is 158 Å². The minimum absolute atomic E-state index is 0.123. The molecule has 2 aliphatic heterocycles. The molecule has 2 aromatic rings. The number of carbonyl (C=O) groups is 2. The number of benzene rings is 2. The molecule has 0 radical (unpaired) electrons. The molecule has 0 aromatic heterocycles. The van der Waals surface area contributed by atoms with Gasteiger partial charge in [0.05, 0.1) is 11.4 Å². The molecule has 0 saturated carbocycles. The molecular formula is C21H22N2O4. The van der Waals surface area contributed by atoms with Crippen molar-refractivity contribution in [3.63, 3.8) is 0 Å². The first kappa shape index (κ1) is 17.4. The quantitative estimate of drug-likeness (QED) is 0.877. The van der Waals surface area contributed by atoms with E-state index in [1.165, 1.54) is 0 Å². The first-order valence-electron chi connectivity index (χ1n) is 8.97. The number of hydrogen-bond donors (Lipinski definition) is 1. The molecule has 0 aliphatic carbocycles. The molecule has 6 heteroatoms. The Morgan fingerprint density at radius 2 is 1.89 bits per heavy atom. The fourth-order valence-electron chi connectivity index (χ4n) is 3.47. The van der Waals surface area contributed by atoms with E-state index in [0.29, 0.717) is 34.9 Å². The topological polar surface area (TPSA) is 67.9 Å². The van der Waals surface area contributed by atoms with Crippen molar-refractivity contribution in [2.45, 2.75) is 33.2 Å². The Morgan fingerprint density at radius 1 is 1.15 bits per heavy atom. The molecular weight excluding hydrogens is 344 g/mol. The number of nitrogens with one attached hydrogen (secondary N) is 1. The minimum Gasteiger partial charge on any atom is -0.454 e. The van der Waals surface area contributed by atoms with Crippen LogP contribution in [0.25, 0.3) is 0 Å². The van der Waals surface area contributed by atoms with Gasteiger partial charge in [-0.15, -0.1) is 0 Å². The maximum Gasteiger partial charge on any atom is 0.259 e. The number of hydrogen-bond acceptors (Lipinski definition) is 4. The van der Waals surface area contributed by atoms with Gasteiger partial charge in [-0.2, -0.15) is 0 Å². The van der Waals surface area contributed by atoms with Crippen LogP contribution in [0.3, 0.4) is 0 Å². The Balaban J connectivity index is 1.78.